The lowest BCUT2D eigenvalue weighted by atomic mass is 9.86. The standard InChI is InChI=1S/C20H27N5O/c1-20(2,3)18(14-24-11-9-21-15-24)23-13-19-22-10-12-25(19)16-5-7-17(26-4)8-6-16/h5-12,15,18,23H,13-14H2,1-4H3. The molecule has 3 rings (SSSR count). The Balaban J connectivity index is 1.72. The lowest BCUT2D eigenvalue weighted by Gasteiger charge is -2.32. The van der Waals surface area contributed by atoms with Gasteiger partial charge in [-0.25, -0.2) is 9.97 Å². The minimum absolute atomic E-state index is 0.113. The van der Waals surface area contributed by atoms with Gasteiger partial charge in [-0.1, -0.05) is 20.8 Å². The summed E-state index contributed by atoms with van der Waals surface area (Å²) in [6, 6.07) is 8.29. The number of nitrogens with zero attached hydrogens (tertiary/aromatic N) is 4. The number of benzene rings is 1. The average Bonchev–Trinajstić information content (AvgIpc) is 3.29. The first-order chi connectivity index (χ1) is 12.5. The summed E-state index contributed by atoms with van der Waals surface area (Å²) < 4.78 is 9.45. The minimum atomic E-state index is 0.113. The molecular formula is C20H27N5O. The van der Waals surface area contributed by atoms with Gasteiger partial charge in [-0.2, -0.15) is 0 Å². The van der Waals surface area contributed by atoms with Gasteiger partial charge < -0.3 is 19.2 Å². The predicted molar refractivity (Wildman–Crippen MR) is 102 cm³/mol. The van der Waals surface area contributed by atoms with E-state index >= 15 is 0 Å². The summed E-state index contributed by atoms with van der Waals surface area (Å²) in [5, 5.41) is 3.68. The molecule has 1 unspecified atom stereocenters. The van der Waals surface area contributed by atoms with Gasteiger partial charge in [-0.3, -0.25) is 0 Å². The third-order valence-corrected chi connectivity index (χ3v) is 4.57. The van der Waals surface area contributed by atoms with E-state index in [2.05, 4.69) is 45.2 Å². The average molecular weight is 353 g/mol. The molecule has 1 atom stereocenters. The van der Waals surface area contributed by atoms with Crippen molar-refractivity contribution in [2.75, 3.05) is 7.11 Å². The smallest absolute Gasteiger partial charge is 0.127 e. The number of imidazole rings is 2. The molecule has 26 heavy (non-hydrogen) atoms. The van der Waals surface area contributed by atoms with Crippen LogP contribution in [0.2, 0.25) is 0 Å². The molecule has 6 nitrogen and oxygen atoms in total. The first-order valence-electron chi connectivity index (χ1n) is 8.83. The van der Waals surface area contributed by atoms with Crippen molar-refractivity contribution in [3.63, 3.8) is 0 Å². The molecule has 1 aromatic carbocycles. The van der Waals surface area contributed by atoms with Gasteiger partial charge in [0.1, 0.15) is 11.6 Å². The van der Waals surface area contributed by atoms with Crippen molar-refractivity contribution in [3.8, 4) is 11.4 Å². The molecular weight excluding hydrogens is 326 g/mol. The van der Waals surface area contributed by atoms with Crippen molar-refractivity contribution in [3.05, 3.63) is 61.2 Å². The maximum Gasteiger partial charge on any atom is 0.127 e. The molecule has 138 valence electrons. The largest absolute Gasteiger partial charge is 0.497 e. The van der Waals surface area contributed by atoms with E-state index in [1.165, 1.54) is 0 Å². The Morgan fingerprint density at radius 1 is 1.12 bits per heavy atom. The lowest BCUT2D eigenvalue weighted by molar-refractivity contribution is 0.238. The first-order valence-corrected chi connectivity index (χ1v) is 8.83. The summed E-state index contributed by atoms with van der Waals surface area (Å²) in [7, 11) is 1.68. The Bertz CT molecular complexity index is 800. The molecule has 6 heteroatoms. The van der Waals surface area contributed by atoms with Crippen molar-refractivity contribution in [1.29, 1.82) is 0 Å². The molecule has 0 saturated heterocycles. The lowest BCUT2D eigenvalue weighted by Crippen LogP contribution is -2.43. The van der Waals surface area contributed by atoms with Crippen LogP contribution < -0.4 is 10.1 Å². The van der Waals surface area contributed by atoms with Crippen molar-refractivity contribution >= 4 is 0 Å². The SMILES string of the molecule is COc1ccc(-n2ccnc2CNC(Cn2ccnc2)C(C)(C)C)cc1. The quantitative estimate of drug-likeness (QED) is 0.708. The molecule has 0 fully saturated rings. The van der Waals surface area contributed by atoms with Gasteiger partial charge in [0.25, 0.3) is 0 Å². The van der Waals surface area contributed by atoms with Gasteiger partial charge in [0.05, 0.1) is 20.0 Å². The van der Waals surface area contributed by atoms with Gasteiger partial charge in [0, 0.05) is 43.1 Å². The number of hydrogen-bond donors (Lipinski definition) is 1. The summed E-state index contributed by atoms with van der Waals surface area (Å²) in [6.45, 7) is 8.30. The van der Waals surface area contributed by atoms with E-state index in [0.29, 0.717) is 6.54 Å². The van der Waals surface area contributed by atoms with Crippen molar-refractivity contribution < 1.29 is 4.74 Å². The highest BCUT2D eigenvalue weighted by Gasteiger charge is 2.25. The number of ether oxygens (including phenoxy) is 1. The van der Waals surface area contributed by atoms with E-state index in [1.54, 1.807) is 7.11 Å². The second-order valence-electron chi connectivity index (χ2n) is 7.47. The fraction of sp³-hybridized carbons (Fsp3) is 0.400. The van der Waals surface area contributed by atoms with Crippen molar-refractivity contribution in [2.45, 2.75) is 39.9 Å². The number of rotatable bonds is 7. The summed E-state index contributed by atoms with van der Waals surface area (Å²) in [4.78, 5) is 8.68. The molecule has 1 N–H and O–H groups in total. The van der Waals surface area contributed by atoms with Crippen molar-refractivity contribution in [1.82, 2.24) is 24.4 Å². The van der Waals surface area contributed by atoms with Gasteiger partial charge in [0.2, 0.25) is 0 Å². The monoisotopic (exact) mass is 353 g/mol. The van der Waals surface area contributed by atoms with Crippen LogP contribution in [0.25, 0.3) is 5.69 Å². The van der Waals surface area contributed by atoms with Crippen LogP contribution >= 0.6 is 0 Å². The maximum absolute atomic E-state index is 5.24. The van der Waals surface area contributed by atoms with E-state index in [-0.39, 0.29) is 11.5 Å². The Hall–Kier alpha value is -2.60. The fourth-order valence-corrected chi connectivity index (χ4v) is 2.91. The van der Waals surface area contributed by atoms with Crippen LogP contribution in [0.15, 0.2) is 55.4 Å². The van der Waals surface area contributed by atoms with Gasteiger partial charge in [0.15, 0.2) is 0 Å². The van der Waals surface area contributed by atoms with Crippen LogP contribution in [0.4, 0.5) is 0 Å². The maximum atomic E-state index is 5.24. The topological polar surface area (TPSA) is 56.9 Å². The molecule has 2 heterocycles. The van der Waals surface area contributed by atoms with Gasteiger partial charge in [-0.05, 0) is 29.7 Å². The van der Waals surface area contributed by atoms with E-state index in [4.69, 9.17) is 4.74 Å². The van der Waals surface area contributed by atoms with Crippen molar-refractivity contribution in [2.24, 2.45) is 5.41 Å². The second kappa shape index (κ2) is 7.74. The fourth-order valence-electron chi connectivity index (χ4n) is 2.91. The van der Waals surface area contributed by atoms with Gasteiger partial charge in [-0.15, -0.1) is 0 Å². The van der Waals surface area contributed by atoms with Crippen LogP contribution in [0.3, 0.4) is 0 Å². The minimum Gasteiger partial charge on any atom is -0.497 e. The van der Waals surface area contributed by atoms with E-state index in [0.717, 1.165) is 23.8 Å². The molecule has 0 spiro atoms. The molecule has 0 radical (unpaired) electrons. The number of nitrogens with one attached hydrogen (secondary N) is 1. The zero-order valence-electron chi connectivity index (χ0n) is 15.9. The molecule has 2 aromatic heterocycles. The highest BCUT2D eigenvalue weighted by atomic mass is 16.5. The molecule has 0 bridgehead atoms. The molecule has 0 aliphatic carbocycles. The summed E-state index contributed by atoms with van der Waals surface area (Å²) in [5.74, 6) is 1.83. The molecule has 0 aliphatic heterocycles. The highest BCUT2D eigenvalue weighted by Crippen LogP contribution is 2.22. The van der Waals surface area contributed by atoms with Crippen LogP contribution in [0.1, 0.15) is 26.6 Å². The highest BCUT2D eigenvalue weighted by molar-refractivity contribution is 5.38. The summed E-state index contributed by atoms with van der Waals surface area (Å²) in [5.41, 5.74) is 1.18. The zero-order valence-corrected chi connectivity index (χ0v) is 15.9. The number of methoxy groups -OCH3 is 1. The van der Waals surface area contributed by atoms with E-state index in [1.807, 2.05) is 55.4 Å². The summed E-state index contributed by atoms with van der Waals surface area (Å²) in [6.07, 6.45) is 9.50. The Morgan fingerprint density at radius 2 is 1.88 bits per heavy atom. The number of hydrogen-bond acceptors (Lipinski definition) is 4. The molecule has 0 saturated carbocycles. The van der Waals surface area contributed by atoms with E-state index in [9.17, 15) is 0 Å². The van der Waals surface area contributed by atoms with E-state index < -0.39 is 0 Å². The normalized spacial score (nSPS) is 12.9. The molecule has 3 aromatic rings. The third-order valence-electron chi connectivity index (χ3n) is 4.57. The Kier molecular flexibility index (Phi) is 5.42. The predicted octanol–water partition coefficient (Wildman–Crippen LogP) is 3.28. The molecule has 0 amide bonds. The zero-order chi connectivity index (χ0) is 18.6. The number of aromatic nitrogens is 4. The van der Waals surface area contributed by atoms with Crippen LogP contribution in [0, 0.1) is 5.41 Å². The molecule has 0 aliphatic rings. The Morgan fingerprint density at radius 3 is 2.50 bits per heavy atom. The van der Waals surface area contributed by atoms with Crippen LogP contribution in [-0.4, -0.2) is 32.3 Å². The van der Waals surface area contributed by atoms with Crippen LogP contribution in [0.5, 0.6) is 5.75 Å². The third kappa shape index (κ3) is 4.32. The van der Waals surface area contributed by atoms with Crippen LogP contribution in [-0.2, 0) is 13.1 Å². The van der Waals surface area contributed by atoms with Gasteiger partial charge >= 0.3 is 0 Å². The summed E-state index contributed by atoms with van der Waals surface area (Å²) >= 11 is 0. The second-order valence-corrected chi connectivity index (χ2v) is 7.47. The first kappa shape index (κ1) is 18.2. The Labute approximate surface area is 154 Å².